The average Bonchev–Trinajstić information content (AvgIpc) is 2.94. The minimum atomic E-state index is -1.69. The quantitative estimate of drug-likeness (QED) is 0.785. The molecule has 0 bridgehead atoms. The molecule has 0 aliphatic carbocycles. The van der Waals surface area contributed by atoms with Crippen LogP contribution in [0.5, 0.6) is 0 Å². The first-order chi connectivity index (χ1) is 12.3. The fraction of sp³-hybridized carbons (Fsp3) is 0.368. The normalized spacial score (nSPS) is 31.0. The summed E-state index contributed by atoms with van der Waals surface area (Å²) < 4.78 is 28.6. The molecule has 0 spiro atoms. The highest BCUT2D eigenvalue weighted by Crippen LogP contribution is 2.41. The third kappa shape index (κ3) is 2.60. The Labute approximate surface area is 149 Å². The predicted molar refractivity (Wildman–Crippen MR) is 94.9 cm³/mol. The molecule has 2 fully saturated rings. The van der Waals surface area contributed by atoms with Crippen molar-refractivity contribution in [3.63, 3.8) is 0 Å². The van der Waals surface area contributed by atoms with Crippen molar-refractivity contribution in [2.45, 2.75) is 31.1 Å². The lowest BCUT2D eigenvalue weighted by Gasteiger charge is -2.40. The summed E-state index contributed by atoms with van der Waals surface area (Å²) in [6.07, 6.45) is 1.43. The van der Waals surface area contributed by atoms with E-state index in [0.29, 0.717) is 13.2 Å². The summed E-state index contributed by atoms with van der Waals surface area (Å²) in [6.45, 7) is 0.939. The first-order valence-electron chi connectivity index (χ1n) is 8.60. The summed E-state index contributed by atoms with van der Waals surface area (Å²) in [5.74, 6) is 0. The van der Waals surface area contributed by atoms with Gasteiger partial charge in [0.15, 0.2) is 0 Å². The van der Waals surface area contributed by atoms with E-state index in [4.69, 9.17) is 13.1 Å². The van der Waals surface area contributed by atoms with Crippen LogP contribution in [0.4, 0.5) is 11.4 Å². The Morgan fingerprint density at radius 3 is 2.20 bits per heavy atom. The van der Waals surface area contributed by atoms with Gasteiger partial charge in [0.05, 0.1) is 19.3 Å². The van der Waals surface area contributed by atoms with E-state index in [2.05, 4.69) is 53.4 Å². The van der Waals surface area contributed by atoms with E-state index in [1.807, 2.05) is 0 Å². The van der Waals surface area contributed by atoms with Gasteiger partial charge in [-0.15, -0.1) is 0 Å². The average molecular weight is 357 g/mol. The number of ether oxygens (including phenoxy) is 1. The van der Waals surface area contributed by atoms with Gasteiger partial charge in [0.1, 0.15) is 12.2 Å². The summed E-state index contributed by atoms with van der Waals surface area (Å²) in [5.41, 5.74) is 4.95. The number of rotatable bonds is 1. The van der Waals surface area contributed by atoms with E-state index in [0.717, 1.165) is 12.8 Å². The maximum Gasteiger partial charge on any atom is 0.305 e. The molecule has 4 atom stereocenters. The largest absolute Gasteiger partial charge is 0.376 e. The number of hydrogen-bond acceptors (Lipinski definition) is 5. The smallest absolute Gasteiger partial charge is 0.305 e. The fourth-order valence-electron chi connectivity index (χ4n) is 4.06. The second kappa shape index (κ2) is 6.21. The third-order valence-corrected chi connectivity index (χ3v) is 5.99. The van der Waals surface area contributed by atoms with Gasteiger partial charge in [-0.25, -0.2) is 0 Å². The number of anilines is 2. The lowest BCUT2D eigenvalue weighted by Crippen LogP contribution is -2.53. The molecule has 130 valence electrons. The van der Waals surface area contributed by atoms with E-state index >= 15 is 0 Å². The van der Waals surface area contributed by atoms with Crippen LogP contribution in [-0.4, -0.2) is 35.7 Å². The van der Waals surface area contributed by atoms with Gasteiger partial charge in [-0.1, -0.05) is 36.4 Å². The van der Waals surface area contributed by atoms with Crippen molar-refractivity contribution in [2.75, 3.05) is 18.1 Å². The van der Waals surface area contributed by atoms with Crippen LogP contribution in [0.2, 0.25) is 0 Å². The molecule has 6 heteroatoms. The van der Waals surface area contributed by atoms with Crippen molar-refractivity contribution in [3.8, 4) is 0 Å². The Morgan fingerprint density at radius 1 is 0.880 bits per heavy atom. The molecule has 2 aromatic rings. The van der Waals surface area contributed by atoms with Crippen molar-refractivity contribution in [3.05, 3.63) is 59.7 Å². The molecule has 25 heavy (non-hydrogen) atoms. The highest BCUT2D eigenvalue weighted by molar-refractivity contribution is 7.75. The summed E-state index contributed by atoms with van der Waals surface area (Å²) >= 11 is -1.69. The van der Waals surface area contributed by atoms with Gasteiger partial charge in [0, 0.05) is 11.4 Å². The Morgan fingerprint density at radius 2 is 1.52 bits per heavy atom. The standard InChI is InChI=1S/C19H19NO4S/c21-25-23-18-12-22-11-17(19(18)24-25)20-15-7-3-1-5-13(15)9-10-14-6-2-4-8-16(14)20/h1-8,17-19H,9-12H2/t17?,18-,19?,25?/m0/s1. The van der Waals surface area contributed by atoms with Crippen LogP contribution in [0.1, 0.15) is 11.1 Å². The van der Waals surface area contributed by atoms with Crippen LogP contribution in [-0.2, 0) is 37.3 Å². The van der Waals surface area contributed by atoms with Gasteiger partial charge in [-0.05, 0) is 36.1 Å². The molecule has 0 radical (unpaired) electrons. The van der Waals surface area contributed by atoms with Crippen LogP contribution in [0.15, 0.2) is 48.5 Å². The summed E-state index contributed by atoms with van der Waals surface area (Å²) in [7, 11) is 0. The Balaban J connectivity index is 1.65. The molecule has 5 rings (SSSR count). The van der Waals surface area contributed by atoms with Gasteiger partial charge < -0.3 is 9.64 Å². The zero-order valence-electron chi connectivity index (χ0n) is 13.7. The first kappa shape index (κ1) is 15.5. The van der Waals surface area contributed by atoms with Crippen LogP contribution >= 0.6 is 0 Å². The van der Waals surface area contributed by atoms with Gasteiger partial charge in [0.2, 0.25) is 0 Å². The molecule has 2 aromatic carbocycles. The highest BCUT2D eigenvalue weighted by atomic mass is 32.2. The molecule has 2 saturated heterocycles. The lowest BCUT2D eigenvalue weighted by atomic mass is 9.99. The number of hydrogen-bond donors (Lipinski definition) is 0. The van der Waals surface area contributed by atoms with Crippen molar-refractivity contribution in [1.29, 1.82) is 0 Å². The number of fused-ring (bicyclic) bond motifs is 3. The van der Waals surface area contributed by atoms with E-state index in [1.165, 1.54) is 22.5 Å². The predicted octanol–water partition coefficient (Wildman–Crippen LogP) is 2.68. The molecule has 0 N–H and O–H groups in total. The highest BCUT2D eigenvalue weighted by Gasteiger charge is 2.47. The molecule has 5 nitrogen and oxygen atoms in total. The van der Waals surface area contributed by atoms with Crippen molar-refractivity contribution >= 4 is 22.7 Å². The maximum absolute atomic E-state index is 11.8. The topological polar surface area (TPSA) is 48.0 Å². The van der Waals surface area contributed by atoms with Crippen molar-refractivity contribution in [1.82, 2.24) is 0 Å². The van der Waals surface area contributed by atoms with Crippen LogP contribution in [0, 0.1) is 0 Å². The Kier molecular flexibility index (Phi) is 3.86. The molecule has 0 aromatic heterocycles. The summed E-state index contributed by atoms with van der Waals surface area (Å²) in [4.78, 5) is 2.31. The second-order valence-corrected chi connectivity index (χ2v) is 7.43. The number of benzene rings is 2. The maximum atomic E-state index is 11.8. The number of aryl methyl sites for hydroxylation is 2. The second-order valence-electron chi connectivity index (χ2n) is 6.63. The molecule has 3 unspecified atom stereocenters. The van der Waals surface area contributed by atoms with E-state index in [9.17, 15) is 4.21 Å². The van der Waals surface area contributed by atoms with Crippen LogP contribution < -0.4 is 4.90 Å². The molecule has 3 heterocycles. The number of para-hydroxylation sites is 2. The van der Waals surface area contributed by atoms with Gasteiger partial charge in [-0.2, -0.15) is 4.21 Å². The zero-order chi connectivity index (χ0) is 16.8. The van der Waals surface area contributed by atoms with Crippen LogP contribution in [0.3, 0.4) is 0 Å². The Bertz CT molecular complexity index is 779. The number of nitrogens with zero attached hydrogens (tertiary/aromatic N) is 1. The Hall–Kier alpha value is -1.73. The fourth-order valence-corrected chi connectivity index (χ4v) is 4.90. The molecular weight excluding hydrogens is 338 g/mol. The molecule has 0 amide bonds. The van der Waals surface area contributed by atoms with Gasteiger partial charge in [-0.3, -0.25) is 8.37 Å². The zero-order valence-corrected chi connectivity index (χ0v) is 14.5. The van der Waals surface area contributed by atoms with Crippen molar-refractivity contribution in [2.24, 2.45) is 0 Å². The molecule has 0 saturated carbocycles. The van der Waals surface area contributed by atoms with Crippen molar-refractivity contribution < 1.29 is 17.3 Å². The third-order valence-electron chi connectivity index (χ3n) is 5.21. The van der Waals surface area contributed by atoms with Crippen LogP contribution in [0.25, 0.3) is 0 Å². The van der Waals surface area contributed by atoms with E-state index < -0.39 is 11.4 Å². The van der Waals surface area contributed by atoms with E-state index in [1.54, 1.807) is 0 Å². The summed E-state index contributed by atoms with van der Waals surface area (Å²) in [6, 6.07) is 16.9. The monoisotopic (exact) mass is 357 g/mol. The minimum Gasteiger partial charge on any atom is -0.376 e. The minimum absolute atomic E-state index is 0.0781. The lowest BCUT2D eigenvalue weighted by molar-refractivity contribution is -0.0327. The SMILES string of the molecule is O=S1OC2C(N3c4ccccc4CCc4ccccc43)COC[C@@H]2O1. The van der Waals surface area contributed by atoms with Gasteiger partial charge >= 0.3 is 11.4 Å². The first-order valence-corrected chi connectivity index (χ1v) is 9.60. The van der Waals surface area contributed by atoms with E-state index in [-0.39, 0.29) is 18.2 Å². The molecular formula is C19H19NO4S. The summed E-state index contributed by atoms with van der Waals surface area (Å²) in [5, 5.41) is 0. The molecule has 3 aliphatic rings. The van der Waals surface area contributed by atoms with Gasteiger partial charge in [0.25, 0.3) is 0 Å². The molecule has 3 aliphatic heterocycles.